The lowest BCUT2D eigenvalue weighted by Gasteiger charge is -2.31. The number of aromatic nitrogens is 4. The Hall–Kier alpha value is -2.91. The zero-order chi connectivity index (χ0) is 20.3. The molecule has 0 saturated carbocycles. The number of aryl methyl sites for hydroxylation is 1. The standard InChI is InChI=1S/C21H27N7O2/c1-26-17-18(23-20(26)22-15-16-5-3-2-4-6-16)24-21(28-9-13-30-14-10-28)25-19(17)27-7-11-29-12-8-27/h2-6H,7-15H2,1H3,(H,22,23,24,25). The van der Waals surface area contributed by atoms with Gasteiger partial charge in [0.15, 0.2) is 11.5 Å². The molecule has 5 rings (SSSR count). The molecule has 0 aliphatic carbocycles. The smallest absolute Gasteiger partial charge is 0.229 e. The van der Waals surface area contributed by atoms with Gasteiger partial charge in [0.25, 0.3) is 0 Å². The number of morpholine rings is 2. The van der Waals surface area contributed by atoms with E-state index in [1.807, 2.05) is 25.2 Å². The second-order valence-corrected chi connectivity index (χ2v) is 7.55. The summed E-state index contributed by atoms with van der Waals surface area (Å²) in [5.41, 5.74) is 2.87. The van der Waals surface area contributed by atoms with Crippen molar-refractivity contribution < 1.29 is 9.47 Å². The van der Waals surface area contributed by atoms with Gasteiger partial charge in [-0.05, 0) is 5.56 Å². The van der Waals surface area contributed by atoms with Crippen LogP contribution in [0.1, 0.15) is 5.56 Å². The van der Waals surface area contributed by atoms with Crippen molar-refractivity contribution in [2.24, 2.45) is 7.05 Å². The third-order valence-corrected chi connectivity index (χ3v) is 5.60. The van der Waals surface area contributed by atoms with Crippen molar-refractivity contribution in [3.63, 3.8) is 0 Å². The first-order chi connectivity index (χ1) is 14.8. The van der Waals surface area contributed by atoms with Gasteiger partial charge in [-0.15, -0.1) is 0 Å². The molecule has 2 aliphatic heterocycles. The number of nitrogens with zero attached hydrogens (tertiary/aromatic N) is 6. The van der Waals surface area contributed by atoms with Crippen molar-refractivity contribution in [2.45, 2.75) is 6.54 Å². The highest BCUT2D eigenvalue weighted by molar-refractivity contribution is 5.87. The second kappa shape index (κ2) is 8.45. The quantitative estimate of drug-likeness (QED) is 0.681. The molecule has 0 bridgehead atoms. The third kappa shape index (κ3) is 3.78. The molecule has 0 amide bonds. The van der Waals surface area contributed by atoms with E-state index < -0.39 is 0 Å². The zero-order valence-corrected chi connectivity index (χ0v) is 17.3. The summed E-state index contributed by atoms with van der Waals surface area (Å²) < 4.78 is 13.1. The van der Waals surface area contributed by atoms with Crippen LogP contribution in [0.5, 0.6) is 0 Å². The summed E-state index contributed by atoms with van der Waals surface area (Å²) in [6, 6.07) is 10.3. The number of fused-ring (bicyclic) bond motifs is 1. The number of hydrogen-bond acceptors (Lipinski definition) is 8. The van der Waals surface area contributed by atoms with Crippen molar-refractivity contribution in [3.8, 4) is 0 Å². The van der Waals surface area contributed by atoms with E-state index in [9.17, 15) is 0 Å². The van der Waals surface area contributed by atoms with E-state index in [4.69, 9.17) is 24.4 Å². The maximum Gasteiger partial charge on any atom is 0.229 e. The molecular formula is C21H27N7O2. The molecule has 2 aromatic heterocycles. The molecule has 9 heteroatoms. The van der Waals surface area contributed by atoms with Gasteiger partial charge >= 0.3 is 0 Å². The summed E-state index contributed by atoms with van der Waals surface area (Å²) in [6.45, 7) is 6.71. The average Bonchev–Trinajstić information content (AvgIpc) is 3.14. The molecule has 0 unspecified atom stereocenters. The van der Waals surface area contributed by atoms with E-state index in [-0.39, 0.29) is 0 Å². The Morgan fingerprint density at radius 2 is 1.53 bits per heavy atom. The summed E-state index contributed by atoms with van der Waals surface area (Å²) in [5, 5.41) is 3.46. The van der Waals surface area contributed by atoms with Crippen LogP contribution in [0, 0.1) is 0 Å². The van der Waals surface area contributed by atoms with Crippen LogP contribution in [0.15, 0.2) is 30.3 Å². The van der Waals surface area contributed by atoms with Gasteiger partial charge < -0.3 is 29.2 Å². The van der Waals surface area contributed by atoms with E-state index in [1.165, 1.54) is 5.56 Å². The van der Waals surface area contributed by atoms with Crippen molar-refractivity contribution in [1.29, 1.82) is 0 Å². The summed E-state index contributed by atoms with van der Waals surface area (Å²) in [6.07, 6.45) is 0. The van der Waals surface area contributed by atoms with Gasteiger partial charge in [0.05, 0.1) is 26.4 Å². The number of anilines is 3. The van der Waals surface area contributed by atoms with Gasteiger partial charge in [-0.2, -0.15) is 15.0 Å². The summed E-state index contributed by atoms with van der Waals surface area (Å²) >= 11 is 0. The maximum absolute atomic E-state index is 5.56. The fraction of sp³-hybridized carbons (Fsp3) is 0.476. The fourth-order valence-electron chi connectivity index (χ4n) is 3.92. The Morgan fingerprint density at radius 1 is 0.867 bits per heavy atom. The first-order valence-electron chi connectivity index (χ1n) is 10.5. The van der Waals surface area contributed by atoms with E-state index in [0.29, 0.717) is 38.6 Å². The lowest BCUT2D eigenvalue weighted by Crippen LogP contribution is -2.39. The van der Waals surface area contributed by atoms with Crippen LogP contribution in [0.4, 0.5) is 17.7 Å². The predicted molar refractivity (Wildman–Crippen MR) is 116 cm³/mol. The minimum atomic E-state index is 0.695. The van der Waals surface area contributed by atoms with Gasteiger partial charge in [0.2, 0.25) is 11.9 Å². The summed E-state index contributed by atoms with van der Waals surface area (Å²) in [7, 11) is 2.02. The lowest BCUT2D eigenvalue weighted by atomic mass is 10.2. The molecule has 30 heavy (non-hydrogen) atoms. The van der Waals surface area contributed by atoms with Crippen LogP contribution in [-0.2, 0) is 23.1 Å². The van der Waals surface area contributed by atoms with Crippen LogP contribution in [0.2, 0.25) is 0 Å². The zero-order valence-electron chi connectivity index (χ0n) is 17.3. The van der Waals surface area contributed by atoms with Crippen LogP contribution in [0.25, 0.3) is 11.2 Å². The topological polar surface area (TPSA) is 80.6 Å². The normalized spacial score (nSPS) is 17.5. The van der Waals surface area contributed by atoms with Gasteiger partial charge in [0, 0.05) is 39.8 Å². The lowest BCUT2D eigenvalue weighted by molar-refractivity contribution is 0.121. The molecule has 2 saturated heterocycles. The van der Waals surface area contributed by atoms with Gasteiger partial charge in [-0.3, -0.25) is 0 Å². The Balaban J connectivity index is 1.52. The van der Waals surface area contributed by atoms with Gasteiger partial charge in [-0.25, -0.2) is 0 Å². The monoisotopic (exact) mass is 409 g/mol. The van der Waals surface area contributed by atoms with Gasteiger partial charge in [0.1, 0.15) is 5.52 Å². The predicted octanol–water partition coefficient (Wildman–Crippen LogP) is 1.65. The number of benzene rings is 1. The molecule has 2 fully saturated rings. The molecule has 9 nitrogen and oxygen atoms in total. The summed E-state index contributed by atoms with van der Waals surface area (Å²) in [4.78, 5) is 19.1. The van der Waals surface area contributed by atoms with E-state index in [0.717, 1.165) is 49.4 Å². The average molecular weight is 409 g/mol. The van der Waals surface area contributed by atoms with Crippen molar-refractivity contribution in [1.82, 2.24) is 19.5 Å². The van der Waals surface area contributed by atoms with Gasteiger partial charge in [-0.1, -0.05) is 30.3 Å². The molecule has 0 atom stereocenters. The van der Waals surface area contributed by atoms with E-state index in [1.54, 1.807) is 0 Å². The molecule has 4 heterocycles. The highest BCUT2D eigenvalue weighted by atomic mass is 16.5. The molecule has 0 spiro atoms. The molecule has 1 aromatic carbocycles. The van der Waals surface area contributed by atoms with Crippen LogP contribution in [0.3, 0.4) is 0 Å². The molecule has 0 radical (unpaired) electrons. The second-order valence-electron chi connectivity index (χ2n) is 7.55. The number of ether oxygens (including phenoxy) is 2. The largest absolute Gasteiger partial charge is 0.378 e. The third-order valence-electron chi connectivity index (χ3n) is 5.60. The number of rotatable bonds is 5. The minimum absolute atomic E-state index is 0.695. The minimum Gasteiger partial charge on any atom is -0.378 e. The van der Waals surface area contributed by atoms with Crippen LogP contribution in [-0.4, -0.2) is 72.1 Å². The highest BCUT2D eigenvalue weighted by Crippen LogP contribution is 2.29. The molecule has 2 aliphatic rings. The number of imidazole rings is 1. The van der Waals surface area contributed by atoms with E-state index >= 15 is 0 Å². The molecular weight excluding hydrogens is 382 g/mol. The first kappa shape index (κ1) is 19.1. The van der Waals surface area contributed by atoms with Crippen molar-refractivity contribution in [3.05, 3.63) is 35.9 Å². The number of hydrogen-bond donors (Lipinski definition) is 1. The maximum atomic E-state index is 5.56. The Bertz CT molecular complexity index is 996. The van der Waals surface area contributed by atoms with Crippen molar-refractivity contribution in [2.75, 3.05) is 67.7 Å². The molecule has 3 aromatic rings. The van der Waals surface area contributed by atoms with Crippen LogP contribution < -0.4 is 15.1 Å². The highest BCUT2D eigenvalue weighted by Gasteiger charge is 2.24. The van der Waals surface area contributed by atoms with Crippen molar-refractivity contribution >= 4 is 28.9 Å². The first-order valence-corrected chi connectivity index (χ1v) is 10.5. The molecule has 1 N–H and O–H groups in total. The van der Waals surface area contributed by atoms with Crippen LogP contribution >= 0.6 is 0 Å². The Morgan fingerprint density at radius 3 is 2.23 bits per heavy atom. The SMILES string of the molecule is Cn1c(NCc2ccccc2)nc2nc(N3CCOCC3)nc(N3CCOCC3)c21. The molecule has 158 valence electrons. The Labute approximate surface area is 175 Å². The Kier molecular flexibility index (Phi) is 5.37. The summed E-state index contributed by atoms with van der Waals surface area (Å²) in [5.74, 6) is 2.43. The fourth-order valence-corrected chi connectivity index (χ4v) is 3.92. The number of nitrogens with one attached hydrogen (secondary N) is 1. The van der Waals surface area contributed by atoms with E-state index in [2.05, 4.69) is 31.8 Å².